The van der Waals surface area contributed by atoms with Crippen LogP contribution in [0.4, 0.5) is 11.4 Å². The maximum Gasteiger partial charge on any atom is 0.251 e. The number of rotatable bonds is 8. The minimum absolute atomic E-state index is 0.0154. The zero-order valence-electron chi connectivity index (χ0n) is 17.3. The van der Waals surface area contributed by atoms with Gasteiger partial charge < -0.3 is 15.5 Å². The molecule has 3 amide bonds. The van der Waals surface area contributed by atoms with Gasteiger partial charge in [-0.15, -0.1) is 0 Å². The summed E-state index contributed by atoms with van der Waals surface area (Å²) in [4.78, 5) is 38.1. The van der Waals surface area contributed by atoms with Gasteiger partial charge in [0.1, 0.15) is 0 Å². The number of sulfonamides is 1. The van der Waals surface area contributed by atoms with Gasteiger partial charge in [0.05, 0.1) is 11.4 Å². The number of nitrogens with one attached hydrogen (secondary N) is 3. The molecule has 4 rings (SSSR count). The fourth-order valence-corrected chi connectivity index (χ4v) is 4.76. The molecular formula is C22H24N4O5S. The number of amides is 3. The fourth-order valence-electron chi connectivity index (χ4n) is 3.41. The van der Waals surface area contributed by atoms with Crippen molar-refractivity contribution in [1.29, 1.82) is 0 Å². The van der Waals surface area contributed by atoms with Gasteiger partial charge in [0.2, 0.25) is 21.8 Å². The molecule has 1 saturated heterocycles. The van der Waals surface area contributed by atoms with Gasteiger partial charge >= 0.3 is 0 Å². The van der Waals surface area contributed by atoms with E-state index in [4.69, 9.17) is 0 Å². The van der Waals surface area contributed by atoms with Gasteiger partial charge in [0.15, 0.2) is 0 Å². The van der Waals surface area contributed by atoms with Crippen molar-refractivity contribution in [3.05, 3.63) is 54.1 Å². The monoisotopic (exact) mass is 456 g/mol. The van der Waals surface area contributed by atoms with E-state index in [-0.39, 0.29) is 23.4 Å². The Kier molecular flexibility index (Phi) is 6.24. The van der Waals surface area contributed by atoms with E-state index in [0.717, 1.165) is 24.9 Å². The van der Waals surface area contributed by atoms with Crippen LogP contribution < -0.4 is 20.3 Å². The summed E-state index contributed by atoms with van der Waals surface area (Å²) in [6, 6.07) is 12.6. The fraction of sp³-hybridized carbons (Fsp3) is 0.318. The molecule has 168 valence electrons. The molecule has 32 heavy (non-hydrogen) atoms. The molecule has 1 saturated carbocycles. The number of carbonyl (C=O) groups is 3. The van der Waals surface area contributed by atoms with Crippen LogP contribution in [-0.2, 0) is 19.6 Å². The minimum Gasteiger partial charge on any atom is -0.343 e. The second kappa shape index (κ2) is 9.09. The van der Waals surface area contributed by atoms with Crippen LogP contribution >= 0.6 is 0 Å². The zero-order chi connectivity index (χ0) is 22.7. The summed E-state index contributed by atoms with van der Waals surface area (Å²) in [5, 5.41) is 5.13. The third-order valence-corrected chi connectivity index (χ3v) is 6.77. The first-order valence-electron chi connectivity index (χ1n) is 10.4. The van der Waals surface area contributed by atoms with Gasteiger partial charge in [-0.1, -0.05) is 6.07 Å². The molecule has 1 aliphatic carbocycles. The predicted octanol–water partition coefficient (Wildman–Crippen LogP) is 1.62. The summed E-state index contributed by atoms with van der Waals surface area (Å²) in [5.74, 6) is -0.842. The van der Waals surface area contributed by atoms with Crippen LogP contribution in [0.15, 0.2) is 53.4 Å². The van der Waals surface area contributed by atoms with Crippen molar-refractivity contribution in [2.75, 3.05) is 23.3 Å². The summed E-state index contributed by atoms with van der Waals surface area (Å²) in [6.45, 7) is 0.395. The SMILES string of the molecule is O=C(CNC(=O)c1ccc(N2CCCC2=O)cc1)Nc1cccc(S(=O)(=O)NC2CC2)c1. The van der Waals surface area contributed by atoms with E-state index in [1.165, 1.54) is 12.1 Å². The second-order valence-corrected chi connectivity index (χ2v) is 9.56. The number of hydrogen-bond donors (Lipinski definition) is 3. The highest BCUT2D eigenvalue weighted by molar-refractivity contribution is 7.89. The molecule has 0 bridgehead atoms. The lowest BCUT2D eigenvalue weighted by Gasteiger charge is -2.15. The highest BCUT2D eigenvalue weighted by Crippen LogP contribution is 2.23. The average Bonchev–Trinajstić information content (AvgIpc) is 3.48. The highest BCUT2D eigenvalue weighted by atomic mass is 32.2. The van der Waals surface area contributed by atoms with Gasteiger partial charge in [-0.3, -0.25) is 14.4 Å². The molecule has 10 heteroatoms. The van der Waals surface area contributed by atoms with Crippen molar-refractivity contribution >= 4 is 39.1 Å². The van der Waals surface area contributed by atoms with Crippen LogP contribution in [0, 0.1) is 0 Å². The topological polar surface area (TPSA) is 125 Å². The zero-order valence-corrected chi connectivity index (χ0v) is 18.2. The summed E-state index contributed by atoms with van der Waals surface area (Å²) in [6.07, 6.45) is 3.01. The van der Waals surface area contributed by atoms with Gasteiger partial charge in [0.25, 0.3) is 5.91 Å². The van der Waals surface area contributed by atoms with E-state index in [1.807, 2.05) is 0 Å². The molecule has 1 heterocycles. The molecule has 2 fully saturated rings. The Labute approximate surface area is 186 Å². The van der Waals surface area contributed by atoms with E-state index in [0.29, 0.717) is 24.2 Å². The van der Waals surface area contributed by atoms with Crippen molar-refractivity contribution < 1.29 is 22.8 Å². The lowest BCUT2D eigenvalue weighted by atomic mass is 10.2. The third kappa shape index (κ3) is 5.32. The van der Waals surface area contributed by atoms with Gasteiger partial charge in [-0.25, -0.2) is 13.1 Å². The Morgan fingerprint density at radius 3 is 2.47 bits per heavy atom. The standard InChI is InChI=1S/C22H24N4O5S/c27-20(24-17-3-1-4-19(13-17)32(30,31)25-16-8-9-16)14-23-22(29)15-6-10-18(11-7-15)26-12-2-5-21(26)28/h1,3-4,6-7,10-11,13,16,25H,2,5,8-9,12,14H2,(H,23,29)(H,24,27). The molecular weight excluding hydrogens is 432 g/mol. The number of hydrogen-bond acceptors (Lipinski definition) is 5. The van der Waals surface area contributed by atoms with Crippen LogP contribution in [0.25, 0.3) is 0 Å². The van der Waals surface area contributed by atoms with Crippen molar-refractivity contribution in [3.8, 4) is 0 Å². The molecule has 0 atom stereocenters. The average molecular weight is 457 g/mol. The molecule has 0 aromatic heterocycles. The van der Waals surface area contributed by atoms with Crippen LogP contribution in [-0.4, -0.2) is 45.3 Å². The van der Waals surface area contributed by atoms with Crippen LogP contribution in [0.1, 0.15) is 36.0 Å². The summed E-state index contributed by atoms with van der Waals surface area (Å²) >= 11 is 0. The Bertz CT molecular complexity index is 1140. The molecule has 2 aromatic carbocycles. The molecule has 0 unspecified atom stereocenters. The molecule has 1 aliphatic heterocycles. The van der Waals surface area contributed by atoms with E-state index in [1.54, 1.807) is 41.3 Å². The molecule has 9 nitrogen and oxygen atoms in total. The molecule has 0 radical (unpaired) electrons. The summed E-state index contributed by atoms with van der Waals surface area (Å²) in [5.41, 5.74) is 1.43. The maximum atomic E-state index is 12.3. The smallest absolute Gasteiger partial charge is 0.251 e. The normalized spacial score (nSPS) is 16.1. The van der Waals surface area contributed by atoms with Crippen molar-refractivity contribution in [3.63, 3.8) is 0 Å². The predicted molar refractivity (Wildman–Crippen MR) is 119 cm³/mol. The first-order chi connectivity index (χ1) is 15.3. The largest absolute Gasteiger partial charge is 0.343 e. The Balaban J connectivity index is 1.30. The second-order valence-electron chi connectivity index (χ2n) is 7.85. The van der Waals surface area contributed by atoms with Gasteiger partial charge in [0, 0.05) is 35.9 Å². The maximum absolute atomic E-state index is 12.3. The summed E-state index contributed by atoms with van der Waals surface area (Å²) in [7, 11) is -3.63. The van der Waals surface area contributed by atoms with E-state index in [9.17, 15) is 22.8 Å². The molecule has 2 aromatic rings. The number of nitrogens with zero attached hydrogens (tertiary/aromatic N) is 1. The highest BCUT2D eigenvalue weighted by Gasteiger charge is 2.28. The van der Waals surface area contributed by atoms with Crippen molar-refractivity contribution in [2.24, 2.45) is 0 Å². The number of carbonyl (C=O) groups excluding carboxylic acids is 3. The first kappa shape index (κ1) is 22.0. The Morgan fingerprint density at radius 2 is 1.81 bits per heavy atom. The first-order valence-corrected chi connectivity index (χ1v) is 11.9. The van der Waals surface area contributed by atoms with Gasteiger partial charge in [-0.2, -0.15) is 0 Å². The Morgan fingerprint density at radius 1 is 1.06 bits per heavy atom. The van der Waals surface area contributed by atoms with E-state index < -0.39 is 21.8 Å². The lowest BCUT2D eigenvalue weighted by Crippen LogP contribution is -2.33. The van der Waals surface area contributed by atoms with Crippen molar-refractivity contribution in [1.82, 2.24) is 10.0 Å². The molecule has 0 spiro atoms. The third-order valence-electron chi connectivity index (χ3n) is 5.25. The minimum atomic E-state index is -3.63. The number of anilines is 2. The van der Waals surface area contributed by atoms with Gasteiger partial charge in [-0.05, 0) is 61.7 Å². The number of benzene rings is 2. The van der Waals surface area contributed by atoms with Crippen molar-refractivity contribution in [2.45, 2.75) is 36.6 Å². The van der Waals surface area contributed by atoms with Crippen LogP contribution in [0.3, 0.4) is 0 Å². The van der Waals surface area contributed by atoms with Crippen LogP contribution in [0.2, 0.25) is 0 Å². The quantitative estimate of drug-likeness (QED) is 0.557. The molecule has 3 N–H and O–H groups in total. The van der Waals surface area contributed by atoms with E-state index in [2.05, 4.69) is 15.4 Å². The van der Waals surface area contributed by atoms with Crippen LogP contribution in [0.5, 0.6) is 0 Å². The van der Waals surface area contributed by atoms with E-state index >= 15 is 0 Å². The Hall–Kier alpha value is -3.24. The lowest BCUT2D eigenvalue weighted by molar-refractivity contribution is -0.117. The summed E-state index contributed by atoms with van der Waals surface area (Å²) < 4.78 is 27.2. The molecule has 2 aliphatic rings.